The lowest BCUT2D eigenvalue weighted by Crippen LogP contribution is -2.34. The first-order valence-corrected chi connectivity index (χ1v) is 4.29. The van der Waals surface area contributed by atoms with E-state index in [0.29, 0.717) is 0 Å². The smallest absolute Gasteiger partial charge is 0.328 e. The Morgan fingerprint density at radius 2 is 2.27 bits per heavy atom. The van der Waals surface area contributed by atoms with Gasteiger partial charge in [-0.1, -0.05) is 0 Å². The summed E-state index contributed by atoms with van der Waals surface area (Å²) in [7, 11) is 0. The number of hydrogen-bond donors (Lipinski definition) is 3. The molecule has 0 radical (unpaired) electrons. The van der Waals surface area contributed by atoms with Crippen molar-refractivity contribution in [2.75, 3.05) is 0 Å². The molecule has 0 bridgehead atoms. The Morgan fingerprint density at radius 3 is 2.80 bits per heavy atom. The Labute approximate surface area is 84.2 Å². The Bertz CT molecular complexity index is 461. The van der Waals surface area contributed by atoms with Crippen molar-refractivity contribution in [2.45, 2.75) is 19.0 Å². The van der Waals surface area contributed by atoms with Crippen LogP contribution in [0.4, 0.5) is 0 Å². The number of nitrogens with one attached hydrogen (secondary N) is 1. The lowest BCUT2D eigenvalue weighted by molar-refractivity contribution is -0.138. The molecule has 0 fully saturated rings. The number of nitrogens with two attached hydrogens (primary N) is 1. The molecule has 0 aliphatic carbocycles. The first-order chi connectivity index (χ1) is 7.00. The summed E-state index contributed by atoms with van der Waals surface area (Å²) in [6.07, 6.45) is 1.43. The van der Waals surface area contributed by atoms with Gasteiger partial charge in [0.05, 0.1) is 0 Å². The summed E-state index contributed by atoms with van der Waals surface area (Å²) in [4.78, 5) is 34.3. The van der Waals surface area contributed by atoms with E-state index in [2.05, 4.69) is 4.98 Å². The molecular weight excluding hydrogens is 202 g/mol. The SMILES string of the molecule is N[C@@H](CCn1ccc(=O)[nH]c1=O)C(=O)O. The van der Waals surface area contributed by atoms with E-state index in [-0.39, 0.29) is 13.0 Å². The Morgan fingerprint density at radius 1 is 1.60 bits per heavy atom. The number of rotatable bonds is 4. The molecule has 0 spiro atoms. The number of H-pyrrole nitrogens is 1. The fourth-order valence-corrected chi connectivity index (χ4v) is 1.02. The number of carboxylic acid groups (broad SMARTS) is 1. The molecule has 7 heteroatoms. The molecule has 0 aromatic carbocycles. The van der Waals surface area contributed by atoms with Crippen LogP contribution < -0.4 is 17.0 Å². The van der Waals surface area contributed by atoms with E-state index >= 15 is 0 Å². The normalized spacial score (nSPS) is 12.3. The molecular formula is C8H11N3O4. The van der Waals surface area contributed by atoms with Gasteiger partial charge in [0, 0.05) is 18.8 Å². The summed E-state index contributed by atoms with van der Waals surface area (Å²) >= 11 is 0. The average Bonchev–Trinajstić information content (AvgIpc) is 2.15. The van der Waals surface area contributed by atoms with Gasteiger partial charge in [-0.25, -0.2) is 4.79 Å². The highest BCUT2D eigenvalue weighted by Gasteiger charge is 2.11. The molecule has 4 N–H and O–H groups in total. The van der Waals surface area contributed by atoms with Gasteiger partial charge < -0.3 is 15.4 Å². The third kappa shape index (κ3) is 3.06. The highest BCUT2D eigenvalue weighted by molar-refractivity contribution is 5.72. The van der Waals surface area contributed by atoms with Crippen molar-refractivity contribution < 1.29 is 9.90 Å². The zero-order valence-corrected chi connectivity index (χ0v) is 7.84. The van der Waals surface area contributed by atoms with E-state index in [9.17, 15) is 14.4 Å². The minimum Gasteiger partial charge on any atom is -0.480 e. The zero-order valence-electron chi connectivity index (χ0n) is 7.84. The summed E-state index contributed by atoms with van der Waals surface area (Å²) in [5.41, 5.74) is 4.20. The highest BCUT2D eigenvalue weighted by atomic mass is 16.4. The predicted octanol–water partition coefficient (Wildman–Crippen LogP) is -1.66. The molecule has 0 saturated heterocycles. The fraction of sp³-hybridized carbons (Fsp3) is 0.375. The Hall–Kier alpha value is -1.89. The lowest BCUT2D eigenvalue weighted by Gasteiger charge is -2.07. The fourth-order valence-electron chi connectivity index (χ4n) is 1.02. The number of aromatic amines is 1. The molecule has 15 heavy (non-hydrogen) atoms. The first-order valence-electron chi connectivity index (χ1n) is 4.29. The summed E-state index contributed by atoms with van der Waals surface area (Å²) in [6, 6.07) is 0.178. The van der Waals surface area contributed by atoms with Crippen molar-refractivity contribution in [1.29, 1.82) is 0 Å². The summed E-state index contributed by atoms with van der Waals surface area (Å²) in [6.45, 7) is 0.156. The van der Waals surface area contributed by atoms with E-state index in [4.69, 9.17) is 10.8 Å². The van der Waals surface area contributed by atoms with Crippen molar-refractivity contribution in [3.63, 3.8) is 0 Å². The van der Waals surface area contributed by atoms with Gasteiger partial charge in [-0.15, -0.1) is 0 Å². The van der Waals surface area contributed by atoms with Crippen LogP contribution in [0.5, 0.6) is 0 Å². The number of hydrogen-bond acceptors (Lipinski definition) is 4. The quantitative estimate of drug-likeness (QED) is 0.553. The maximum Gasteiger partial charge on any atom is 0.328 e. The number of carboxylic acids is 1. The first kappa shape index (κ1) is 11.2. The highest BCUT2D eigenvalue weighted by Crippen LogP contribution is 1.90. The second-order valence-corrected chi connectivity index (χ2v) is 3.04. The standard InChI is InChI=1S/C8H11N3O4/c9-5(7(13)14)1-3-11-4-2-6(12)10-8(11)15/h2,4-5H,1,3,9H2,(H,13,14)(H,10,12,15)/t5-/m0/s1. The zero-order chi connectivity index (χ0) is 11.4. The van der Waals surface area contributed by atoms with Gasteiger partial charge in [0.1, 0.15) is 6.04 Å². The monoisotopic (exact) mass is 213 g/mol. The number of aliphatic carboxylic acids is 1. The van der Waals surface area contributed by atoms with Crippen LogP contribution in [0.3, 0.4) is 0 Å². The molecule has 1 aromatic rings. The van der Waals surface area contributed by atoms with Crippen molar-refractivity contribution in [3.05, 3.63) is 33.1 Å². The van der Waals surface area contributed by atoms with E-state index < -0.39 is 23.3 Å². The molecule has 82 valence electrons. The van der Waals surface area contributed by atoms with Crippen molar-refractivity contribution >= 4 is 5.97 Å². The minimum atomic E-state index is -1.12. The van der Waals surface area contributed by atoms with Gasteiger partial charge in [-0.05, 0) is 6.42 Å². The molecule has 0 saturated carbocycles. The topological polar surface area (TPSA) is 118 Å². The molecule has 1 heterocycles. The van der Waals surface area contributed by atoms with Crippen LogP contribution in [-0.4, -0.2) is 26.7 Å². The van der Waals surface area contributed by atoms with Crippen LogP contribution >= 0.6 is 0 Å². The van der Waals surface area contributed by atoms with Crippen LogP contribution in [0.1, 0.15) is 6.42 Å². The maximum absolute atomic E-state index is 11.1. The van der Waals surface area contributed by atoms with E-state index in [0.717, 1.165) is 0 Å². The summed E-state index contributed by atoms with van der Waals surface area (Å²) in [5.74, 6) is -1.12. The molecule has 0 aliphatic heterocycles. The summed E-state index contributed by atoms with van der Waals surface area (Å²) in [5, 5.41) is 8.50. The molecule has 1 aromatic heterocycles. The van der Waals surface area contributed by atoms with Crippen LogP contribution in [-0.2, 0) is 11.3 Å². The van der Waals surface area contributed by atoms with Gasteiger partial charge in [0.15, 0.2) is 0 Å². The Balaban J connectivity index is 2.70. The second-order valence-electron chi connectivity index (χ2n) is 3.04. The van der Waals surface area contributed by atoms with Crippen molar-refractivity contribution in [1.82, 2.24) is 9.55 Å². The maximum atomic E-state index is 11.1. The molecule has 0 aliphatic rings. The number of nitrogens with zero attached hydrogens (tertiary/aromatic N) is 1. The van der Waals surface area contributed by atoms with E-state index in [1.807, 2.05) is 0 Å². The van der Waals surface area contributed by atoms with E-state index in [1.54, 1.807) is 0 Å². The van der Waals surface area contributed by atoms with Crippen LogP contribution in [0, 0.1) is 0 Å². The van der Waals surface area contributed by atoms with Gasteiger partial charge in [0.25, 0.3) is 5.56 Å². The average molecular weight is 213 g/mol. The largest absolute Gasteiger partial charge is 0.480 e. The third-order valence-corrected chi connectivity index (χ3v) is 1.90. The van der Waals surface area contributed by atoms with Crippen molar-refractivity contribution in [3.8, 4) is 0 Å². The van der Waals surface area contributed by atoms with Gasteiger partial charge in [-0.3, -0.25) is 14.6 Å². The lowest BCUT2D eigenvalue weighted by atomic mass is 10.2. The number of aryl methyl sites for hydroxylation is 1. The molecule has 1 rings (SSSR count). The van der Waals surface area contributed by atoms with Gasteiger partial charge in [-0.2, -0.15) is 0 Å². The van der Waals surface area contributed by atoms with Crippen molar-refractivity contribution in [2.24, 2.45) is 5.73 Å². The van der Waals surface area contributed by atoms with Gasteiger partial charge in [0.2, 0.25) is 0 Å². The minimum absolute atomic E-state index is 0.126. The second kappa shape index (κ2) is 4.56. The number of aromatic nitrogens is 2. The van der Waals surface area contributed by atoms with Gasteiger partial charge >= 0.3 is 11.7 Å². The predicted molar refractivity (Wildman–Crippen MR) is 51.6 cm³/mol. The molecule has 0 unspecified atom stereocenters. The van der Waals surface area contributed by atoms with Crippen LogP contribution in [0.15, 0.2) is 21.9 Å². The summed E-state index contributed by atoms with van der Waals surface area (Å²) < 4.78 is 1.20. The van der Waals surface area contributed by atoms with E-state index in [1.165, 1.54) is 16.8 Å². The number of carbonyl (C=O) groups is 1. The molecule has 1 atom stereocenters. The molecule has 7 nitrogen and oxygen atoms in total. The Kier molecular flexibility index (Phi) is 3.40. The van der Waals surface area contributed by atoms with Crippen LogP contribution in [0.2, 0.25) is 0 Å². The van der Waals surface area contributed by atoms with Crippen LogP contribution in [0.25, 0.3) is 0 Å². The third-order valence-electron chi connectivity index (χ3n) is 1.90. The molecule has 0 amide bonds.